The van der Waals surface area contributed by atoms with Gasteiger partial charge in [-0.3, -0.25) is 9.59 Å². The molecule has 3 N–H and O–H groups in total. The summed E-state index contributed by atoms with van der Waals surface area (Å²) in [6, 6.07) is 20.3. The van der Waals surface area contributed by atoms with Crippen molar-refractivity contribution in [1.29, 1.82) is 0 Å². The minimum atomic E-state index is -0.554. The lowest BCUT2D eigenvalue weighted by atomic mass is 10.2. The molecule has 282 valence electrons. The van der Waals surface area contributed by atoms with E-state index in [0.717, 1.165) is 39.4 Å². The van der Waals surface area contributed by atoms with Gasteiger partial charge in [-0.05, 0) is 31.5 Å². The Balaban J connectivity index is 0.000000193. The molecule has 6 heterocycles. The van der Waals surface area contributed by atoms with Crippen molar-refractivity contribution in [2.24, 2.45) is 0 Å². The van der Waals surface area contributed by atoms with Gasteiger partial charge >= 0.3 is 0 Å². The van der Waals surface area contributed by atoms with Gasteiger partial charge in [0.05, 0.1) is 33.5 Å². The molecule has 0 fully saturated rings. The van der Waals surface area contributed by atoms with Gasteiger partial charge in [0.2, 0.25) is 0 Å². The molecule has 16 heteroatoms. The van der Waals surface area contributed by atoms with Crippen LogP contribution in [-0.4, -0.2) is 72.8 Å². The third kappa shape index (κ3) is 8.43. The molecule has 55 heavy (non-hydrogen) atoms. The normalized spacial score (nSPS) is 10.8. The molecule has 0 bridgehead atoms. The van der Waals surface area contributed by atoms with E-state index in [1.165, 1.54) is 29.5 Å². The molecular weight excluding hydrogens is 701 g/mol. The SMILES string of the molecule is Cc1ncnc2c1c(NCc1cccnc1N(C)C)cc(=O)n2O.Cc1ncnc2c1c(NCc1cccnc1N(C)C)cc(=O)n2OCc1ccccc1. The van der Waals surface area contributed by atoms with Gasteiger partial charge in [-0.1, -0.05) is 42.5 Å². The van der Waals surface area contributed by atoms with E-state index in [1.54, 1.807) is 19.3 Å². The Morgan fingerprint density at radius 3 is 1.71 bits per heavy atom. The smallest absolute Gasteiger partial charge is 0.287 e. The molecule has 0 aliphatic heterocycles. The predicted octanol–water partition coefficient (Wildman–Crippen LogP) is 4.21. The highest BCUT2D eigenvalue weighted by Crippen LogP contribution is 2.25. The van der Waals surface area contributed by atoms with Crippen LogP contribution in [0.25, 0.3) is 22.1 Å². The summed E-state index contributed by atoms with van der Waals surface area (Å²) in [6.45, 7) is 4.91. The second-order valence-electron chi connectivity index (χ2n) is 12.9. The van der Waals surface area contributed by atoms with Crippen LogP contribution in [0.15, 0.2) is 101 Å². The van der Waals surface area contributed by atoms with Crippen LogP contribution in [0, 0.1) is 13.8 Å². The molecule has 0 aliphatic rings. The van der Waals surface area contributed by atoms with Gasteiger partial charge in [0.15, 0.2) is 11.3 Å². The van der Waals surface area contributed by atoms with E-state index in [2.05, 4.69) is 40.5 Å². The lowest BCUT2D eigenvalue weighted by Crippen LogP contribution is -2.28. The van der Waals surface area contributed by atoms with Crippen LogP contribution >= 0.6 is 0 Å². The standard InChI is InChI=1S/C23H24N6O2.C16H18N6O2/c1-16-21-19(25-13-18-10-7-11-24-22(18)28(2)3)12-20(30)29(23(21)27-15-26-16)31-14-17-8-5-4-6-9-17;1-10-14-12(7-13(23)22(24)16(14)20-9-19-10)18-8-11-5-4-6-17-15(11)21(2)3/h4-12,15,25H,13-14H2,1-3H3;4-7,9,18,24H,8H2,1-3H3. The fraction of sp³-hybridized carbons (Fsp3) is 0.231. The molecule has 0 spiro atoms. The van der Waals surface area contributed by atoms with Crippen molar-refractivity contribution < 1.29 is 10.0 Å². The zero-order valence-corrected chi connectivity index (χ0v) is 31.4. The highest BCUT2D eigenvalue weighted by Gasteiger charge is 2.16. The highest BCUT2D eigenvalue weighted by molar-refractivity contribution is 5.91. The van der Waals surface area contributed by atoms with Crippen molar-refractivity contribution in [3.8, 4) is 0 Å². The van der Waals surface area contributed by atoms with Crippen molar-refractivity contribution in [2.75, 3.05) is 48.6 Å². The quantitative estimate of drug-likeness (QED) is 0.160. The average molecular weight is 743 g/mol. The van der Waals surface area contributed by atoms with Gasteiger partial charge in [0.25, 0.3) is 11.1 Å². The number of pyridine rings is 4. The van der Waals surface area contributed by atoms with Gasteiger partial charge in [0, 0.05) is 76.9 Å². The first-order valence-corrected chi connectivity index (χ1v) is 17.3. The molecule has 7 rings (SSSR count). The molecule has 16 nitrogen and oxygen atoms in total. The number of aromatic nitrogens is 8. The molecule has 1 aromatic carbocycles. The zero-order chi connectivity index (χ0) is 39.1. The largest absolute Gasteiger partial charge is 0.423 e. The summed E-state index contributed by atoms with van der Waals surface area (Å²) < 4.78 is 1.77. The van der Waals surface area contributed by atoms with E-state index in [0.29, 0.717) is 45.9 Å². The topological polar surface area (TPSA) is 181 Å². The number of rotatable bonds is 11. The minimum Gasteiger partial charge on any atom is -0.423 e. The molecule has 0 saturated carbocycles. The van der Waals surface area contributed by atoms with Crippen LogP contribution < -0.4 is 36.4 Å². The number of fused-ring (bicyclic) bond motifs is 2. The summed E-state index contributed by atoms with van der Waals surface area (Å²) >= 11 is 0. The summed E-state index contributed by atoms with van der Waals surface area (Å²) in [7, 11) is 7.74. The summed E-state index contributed by atoms with van der Waals surface area (Å²) in [4.78, 5) is 60.1. The fourth-order valence-corrected chi connectivity index (χ4v) is 6.03. The fourth-order valence-electron chi connectivity index (χ4n) is 6.03. The maximum absolute atomic E-state index is 12.9. The van der Waals surface area contributed by atoms with Gasteiger partial charge in [-0.2, -0.15) is 0 Å². The first kappa shape index (κ1) is 37.7. The van der Waals surface area contributed by atoms with E-state index < -0.39 is 5.56 Å². The van der Waals surface area contributed by atoms with E-state index in [1.807, 2.05) is 99.5 Å². The number of nitrogens with one attached hydrogen (secondary N) is 2. The van der Waals surface area contributed by atoms with Crippen LogP contribution in [0.1, 0.15) is 28.1 Å². The predicted molar refractivity (Wildman–Crippen MR) is 213 cm³/mol. The van der Waals surface area contributed by atoms with Gasteiger partial charge < -0.3 is 30.5 Å². The molecule has 0 atom stereocenters. The highest BCUT2D eigenvalue weighted by atomic mass is 16.7. The summed E-state index contributed by atoms with van der Waals surface area (Å²) in [6.07, 6.45) is 6.25. The van der Waals surface area contributed by atoms with E-state index in [-0.39, 0.29) is 17.8 Å². The van der Waals surface area contributed by atoms with Crippen LogP contribution in [0.3, 0.4) is 0 Å². The van der Waals surface area contributed by atoms with Crippen molar-refractivity contribution >= 4 is 45.1 Å². The van der Waals surface area contributed by atoms with Crippen LogP contribution in [0.2, 0.25) is 0 Å². The van der Waals surface area contributed by atoms with Crippen molar-refractivity contribution in [3.63, 3.8) is 0 Å². The van der Waals surface area contributed by atoms with E-state index >= 15 is 0 Å². The van der Waals surface area contributed by atoms with Crippen LogP contribution in [-0.2, 0) is 19.7 Å². The summed E-state index contributed by atoms with van der Waals surface area (Å²) in [5, 5.41) is 17.8. The molecule has 0 unspecified atom stereocenters. The third-order valence-electron chi connectivity index (χ3n) is 8.63. The average Bonchev–Trinajstić information content (AvgIpc) is 3.18. The first-order valence-electron chi connectivity index (χ1n) is 17.3. The zero-order valence-electron chi connectivity index (χ0n) is 31.4. The molecule has 0 amide bonds. The van der Waals surface area contributed by atoms with Crippen LogP contribution in [0.5, 0.6) is 0 Å². The minimum absolute atomic E-state index is 0.177. The summed E-state index contributed by atoms with van der Waals surface area (Å²) in [5.74, 6) is 1.71. The Bertz CT molecular complexity index is 2560. The molecule has 7 aromatic rings. The van der Waals surface area contributed by atoms with Gasteiger partial charge in [0.1, 0.15) is 30.9 Å². The van der Waals surface area contributed by atoms with E-state index in [9.17, 15) is 14.8 Å². The first-order chi connectivity index (χ1) is 26.5. The molecule has 0 aliphatic carbocycles. The van der Waals surface area contributed by atoms with Crippen LogP contribution in [0.4, 0.5) is 23.0 Å². The van der Waals surface area contributed by atoms with Crippen molar-refractivity contribution in [1.82, 2.24) is 39.4 Å². The summed E-state index contributed by atoms with van der Waals surface area (Å²) in [5.41, 5.74) is 5.37. The van der Waals surface area contributed by atoms with Crippen molar-refractivity contribution in [2.45, 2.75) is 33.5 Å². The second-order valence-corrected chi connectivity index (χ2v) is 12.9. The number of hydrogen-bond donors (Lipinski definition) is 3. The third-order valence-corrected chi connectivity index (χ3v) is 8.63. The maximum Gasteiger partial charge on any atom is 0.287 e. The Morgan fingerprint density at radius 2 is 1.16 bits per heavy atom. The second kappa shape index (κ2) is 16.7. The maximum atomic E-state index is 12.9. The lowest BCUT2D eigenvalue weighted by molar-refractivity contribution is 0.0979. The lowest BCUT2D eigenvalue weighted by Gasteiger charge is -2.18. The van der Waals surface area contributed by atoms with Gasteiger partial charge in [-0.25, -0.2) is 29.9 Å². The van der Waals surface area contributed by atoms with Gasteiger partial charge in [-0.15, -0.1) is 9.46 Å². The number of nitrogens with zero attached hydrogens (tertiary/aromatic N) is 10. The Labute approximate surface area is 316 Å². The molecule has 6 aromatic heterocycles. The Morgan fingerprint density at radius 1 is 0.655 bits per heavy atom. The number of hydrogen-bond acceptors (Lipinski definition) is 14. The molecular formula is C39H42N12O4. The van der Waals surface area contributed by atoms with Crippen molar-refractivity contribution in [3.05, 3.63) is 141 Å². The molecule has 0 radical (unpaired) electrons. The monoisotopic (exact) mass is 742 g/mol. The number of benzene rings is 1. The number of anilines is 4. The molecule has 0 saturated heterocycles. The Kier molecular flexibility index (Phi) is 11.4. The number of aryl methyl sites for hydroxylation is 2. The van der Waals surface area contributed by atoms with E-state index in [4.69, 9.17) is 4.84 Å². The Hall–Kier alpha value is -7.10.